The van der Waals surface area contributed by atoms with E-state index in [0.29, 0.717) is 10.6 Å². The predicted octanol–water partition coefficient (Wildman–Crippen LogP) is 3.08. The fourth-order valence-electron chi connectivity index (χ4n) is 1.97. The van der Waals surface area contributed by atoms with Crippen LogP contribution in [0, 0.1) is 11.3 Å². The first kappa shape index (κ1) is 12.6. The van der Waals surface area contributed by atoms with Gasteiger partial charge >= 0.3 is 0 Å². The molecule has 0 radical (unpaired) electrons. The minimum atomic E-state index is 0.277. The van der Waals surface area contributed by atoms with Gasteiger partial charge in [0.15, 0.2) is 0 Å². The maximum absolute atomic E-state index is 8.82. The maximum Gasteiger partial charge on any atom is 0.101 e. The normalized spacial score (nSPS) is 19.4. The van der Waals surface area contributed by atoms with Crippen molar-refractivity contribution in [2.75, 3.05) is 24.2 Å². The van der Waals surface area contributed by atoms with Crippen LogP contribution in [0.5, 0.6) is 0 Å². The SMILES string of the molecule is CSO[C@H]1CCN(c2ccc(C#N)c(Cl)c2)C1. The van der Waals surface area contributed by atoms with Crippen molar-refractivity contribution >= 4 is 29.3 Å². The quantitative estimate of drug-likeness (QED) is 0.790. The van der Waals surface area contributed by atoms with E-state index in [0.717, 1.165) is 25.2 Å². The van der Waals surface area contributed by atoms with E-state index in [9.17, 15) is 0 Å². The van der Waals surface area contributed by atoms with Gasteiger partial charge in [0.2, 0.25) is 0 Å². The van der Waals surface area contributed by atoms with Gasteiger partial charge in [-0.3, -0.25) is 0 Å². The number of nitriles is 1. The smallest absolute Gasteiger partial charge is 0.101 e. The van der Waals surface area contributed by atoms with Gasteiger partial charge in [-0.15, -0.1) is 0 Å². The van der Waals surface area contributed by atoms with Gasteiger partial charge in [0, 0.05) is 25.0 Å². The fourth-order valence-corrected chi connectivity index (χ4v) is 2.62. The highest BCUT2D eigenvalue weighted by atomic mass is 35.5. The summed E-state index contributed by atoms with van der Waals surface area (Å²) in [4.78, 5) is 2.23. The molecule has 0 bridgehead atoms. The van der Waals surface area contributed by atoms with E-state index >= 15 is 0 Å². The molecule has 0 spiro atoms. The number of hydrogen-bond acceptors (Lipinski definition) is 4. The van der Waals surface area contributed by atoms with Crippen LogP contribution >= 0.6 is 23.6 Å². The highest BCUT2D eigenvalue weighted by Crippen LogP contribution is 2.27. The van der Waals surface area contributed by atoms with Gasteiger partial charge in [-0.25, -0.2) is 0 Å². The molecule has 1 aromatic carbocycles. The Kier molecular flexibility index (Phi) is 4.16. The predicted molar refractivity (Wildman–Crippen MR) is 71.4 cm³/mol. The largest absolute Gasteiger partial charge is 0.369 e. The molecule has 1 aliphatic rings. The van der Waals surface area contributed by atoms with E-state index in [-0.39, 0.29) is 6.10 Å². The average Bonchev–Trinajstić information content (AvgIpc) is 2.78. The van der Waals surface area contributed by atoms with Crippen LogP contribution in [0.25, 0.3) is 0 Å². The van der Waals surface area contributed by atoms with E-state index in [1.54, 1.807) is 6.07 Å². The third kappa shape index (κ3) is 2.86. The highest BCUT2D eigenvalue weighted by Gasteiger charge is 2.23. The van der Waals surface area contributed by atoms with Crippen molar-refractivity contribution < 1.29 is 4.18 Å². The van der Waals surface area contributed by atoms with Gasteiger partial charge in [-0.05, 0) is 36.7 Å². The number of anilines is 1. The molecule has 1 aliphatic heterocycles. The lowest BCUT2D eigenvalue weighted by Crippen LogP contribution is -2.21. The molecule has 0 saturated carbocycles. The number of hydrogen-bond donors (Lipinski definition) is 0. The molecular weight excluding hydrogens is 256 g/mol. The minimum Gasteiger partial charge on any atom is -0.369 e. The Balaban J connectivity index is 2.09. The van der Waals surface area contributed by atoms with E-state index in [2.05, 4.69) is 11.0 Å². The van der Waals surface area contributed by atoms with Gasteiger partial charge in [0.05, 0.1) is 16.7 Å². The van der Waals surface area contributed by atoms with E-state index in [1.807, 2.05) is 18.4 Å². The Morgan fingerprint density at radius 2 is 2.41 bits per heavy atom. The van der Waals surface area contributed by atoms with Crippen LogP contribution in [0.1, 0.15) is 12.0 Å². The summed E-state index contributed by atoms with van der Waals surface area (Å²) in [5, 5.41) is 9.33. The van der Waals surface area contributed by atoms with Crippen LogP contribution in [0.15, 0.2) is 18.2 Å². The summed E-state index contributed by atoms with van der Waals surface area (Å²) >= 11 is 7.43. The molecule has 2 rings (SSSR count). The minimum absolute atomic E-state index is 0.277. The summed E-state index contributed by atoms with van der Waals surface area (Å²) in [5.74, 6) is 0. The van der Waals surface area contributed by atoms with Gasteiger partial charge < -0.3 is 9.08 Å². The van der Waals surface area contributed by atoms with Crippen LogP contribution in [-0.2, 0) is 4.18 Å². The molecule has 0 unspecified atom stereocenters. The summed E-state index contributed by atoms with van der Waals surface area (Å²) in [6, 6.07) is 7.61. The van der Waals surface area contributed by atoms with Gasteiger partial charge in [-0.2, -0.15) is 5.26 Å². The lowest BCUT2D eigenvalue weighted by molar-refractivity contribution is 0.270. The van der Waals surface area contributed by atoms with Crippen molar-refractivity contribution in [3.63, 3.8) is 0 Å². The summed E-state index contributed by atoms with van der Waals surface area (Å²) in [6.45, 7) is 1.84. The summed E-state index contributed by atoms with van der Waals surface area (Å²) in [7, 11) is 0. The second kappa shape index (κ2) is 5.63. The van der Waals surface area contributed by atoms with Crippen molar-refractivity contribution in [1.29, 1.82) is 5.26 Å². The zero-order valence-electron chi connectivity index (χ0n) is 9.52. The van der Waals surface area contributed by atoms with Crippen LogP contribution in [0.3, 0.4) is 0 Å². The summed E-state index contributed by atoms with van der Waals surface area (Å²) in [5.41, 5.74) is 1.58. The molecule has 17 heavy (non-hydrogen) atoms. The number of halogens is 1. The number of rotatable bonds is 3. The van der Waals surface area contributed by atoms with E-state index < -0.39 is 0 Å². The Labute approximate surface area is 111 Å². The highest BCUT2D eigenvalue weighted by molar-refractivity contribution is 7.93. The van der Waals surface area contributed by atoms with Crippen LogP contribution in [-0.4, -0.2) is 25.4 Å². The first-order valence-electron chi connectivity index (χ1n) is 5.38. The van der Waals surface area contributed by atoms with Crippen molar-refractivity contribution in [2.45, 2.75) is 12.5 Å². The Morgan fingerprint density at radius 1 is 1.59 bits per heavy atom. The average molecular weight is 269 g/mol. The molecule has 1 atom stereocenters. The third-order valence-corrected chi connectivity index (χ3v) is 3.59. The van der Waals surface area contributed by atoms with Gasteiger partial charge in [0.1, 0.15) is 6.07 Å². The molecule has 90 valence electrons. The first-order valence-corrected chi connectivity index (χ1v) is 6.91. The van der Waals surface area contributed by atoms with E-state index in [4.69, 9.17) is 21.0 Å². The van der Waals surface area contributed by atoms with Crippen molar-refractivity contribution in [3.8, 4) is 6.07 Å². The molecule has 1 fully saturated rings. The van der Waals surface area contributed by atoms with Crippen molar-refractivity contribution in [3.05, 3.63) is 28.8 Å². The second-order valence-corrected chi connectivity index (χ2v) is 4.83. The van der Waals surface area contributed by atoms with Gasteiger partial charge in [0.25, 0.3) is 0 Å². The lowest BCUT2D eigenvalue weighted by atomic mass is 10.2. The second-order valence-electron chi connectivity index (χ2n) is 3.90. The number of benzene rings is 1. The molecule has 0 N–H and O–H groups in total. The Bertz CT molecular complexity index is 447. The Hall–Kier alpha value is -0.890. The maximum atomic E-state index is 8.82. The van der Waals surface area contributed by atoms with Gasteiger partial charge in [-0.1, -0.05) is 11.6 Å². The number of nitrogens with zero attached hydrogens (tertiary/aromatic N) is 2. The standard InChI is InChI=1S/C12H13ClN2OS/c1-17-16-11-4-5-15(8-11)10-3-2-9(7-14)12(13)6-10/h2-3,6,11H,4-5,8H2,1H3/t11-/m0/s1. The zero-order chi connectivity index (χ0) is 12.3. The fraction of sp³-hybridized carbons (Fsp3) is 0.417. The zero-order valence-corrected chi connectivity index (χ0v) is 11.1. The summed E-state index contributed by atoms with van der Waals surface area (Å²) in [6.07, 6.45) is 3.24. The lowest BCUT2D eigenvalue weighted by Gasteiger charge is -2.18. The van der Waals surface area contributed by atoms with Crippen LogP contribution in [0.2, 0.25) is 5.02 Å². The molecule has 0 aromatic heterocycles. The molecule has 1 saturated heterocycles. The third-order valence-electron chi connectivity index (χ3n) is 2.82. The van der Waals surface area contributed by atoms with E-state index in [1.165, 1.54) is 12.0 Å². The molecule has 1 aromatic rings. The first-order chi connectivity index (χ1) is 8.24. The van der Waals surface area contributed by atoms with Crippen molar-refractivity contribution in [2.24, 2.45) is 0 Å². The molecule has 0 aliphatic carbocycles. The molecule has 0 amide bonds. The molecule has 5 heteroatoms. The molecule has 3 nitrogen and oxygen atoms in total. The molecule has 1 heterocycles. The summed E-state index contributed by atoms with van der Waals surface area (Å²) < 4.78 is 5.52. The molecular formula is C12H13ClN2OS. The monoisotopic (exact) mass is 268 g/mol. The van der Waals surface area contributed by atoms with Crippen LogP contribution in [0.4, 0.5) is 5.69 Å². The topological polar surface area (TPSA) is 36.3 Å². The van der Waals surface area contributed by atoms with Crippen LogP contribution < -0.4 is 4.90 Å². The Morgan fingerprint density at radius 3 is 3.06 bits per heavy atom. The van der Waals surface area contributed by atoms with Crippen molar-refractivity contribution in [1.82, 2.24) is 0 Å².